The van der Waals surface area contributed by atoms with Gasteiger partial charge in [-0.05, 0) is 142 Å². The molecule has 0 bridgehead atoms. The molecule has 0 aromatic heterocycles. The maximum absolute atomic E-state index is 13.4. The predicted octanol–water partition coefficient (Wildman–Crippen LogP) is 24.8. The molecule has 0 radical (unpaired) electrons. The number of hydrogen-bond donors (Lipinski definition) is 1. The second kappa shape index (κ2) is 46.4. The van der Waals surface area contributed by atoms with E-state index in [-0.39, 0.29) is 12.1 Å². The van der Waals surface area contributed by atoms with Crippen LogP contribution in [0.5, 0.6) is 0 Å². The van der Waals surface area contributed by atoms with E-state index in [1.54, 1.807) is 0 Å². The third-order valence-electron chi connectivity index (χ3n) is 19.4. The lowest BCUT2D eigenvalue weighted by Crippen LogP contribution is -2.44. The molecule has 80 heavy (non-hydrogen) atoms. The number of nitrogens with one attached hydrogen (secondary N) is 1. The van der Waals surface area contributed by atoms with Crippen LogP contribution in [0.1, 0.15) is 363 Å². The Morgan fingerprint density at radius 3 is 0.812 bits per heavy atom. The van der Waals surface area contributed by atoms with Gasteiger partial charge in [-0.2, -0.15) is 0 Å². The van der Waals surface area contributed by atoms with E-state index in [2.05, 4.69) is 116 Å². The van der Waals surface area contributed by atoms with E-state index in [0.717, 1.165) is 115 Å². The monoisotopic (exact) mass is 1130 g/mol. The second-order valence-electron chi connectivity index (χ2n) is 32.5. The summed E-state index contributed by atoms with van der Waals surface area (Å²) in [5.74, 6) is 12.6. The molecule has 1 aliphatic rings. The smallest absolute Gasteiger partial charge is 0.410 e. The molecule has 1 atom stereocenters. The van der Waals surface area contributed by atoms with Crippen LogP contribution >= 0.6 is 0 Å². The number of amides is 1. The third-order valence-corrected chi connectivity index (χ3v) is 19.4. The Kier molecular flexibility index (Phi) is 44.8. The Morgan fingerprint density at radius 2 is 0.588 bits per heavy atom. The summed E-state index contributed by atoms with van der Waals surface area (Å²) in [6.07, 6.45) is 50.3. The Hall–Kier alpha value is -0.770. The molecule has 4 nitrogen and oxygen atoms in total. The lowest BCUT2D eigenvalue weighted by Gasteiger charge is -2.29. The van der Waals surface area contributed by atoms with Gasteiger partial charge in [0.15, 0.2) is 0 Å². The number of ether oxygens (including phenoxy) is 1. The minimum absolute atomic E-state index is 0.120. The van der Waals surface area contributed by atoms with Gasteiger partial charge in [-0.15, -0.1) is 0 Å². The van der Waals surface area contributed by atoms with Crippen molar-refractivity contribution in [3.05, 3.63) is 0 Å². The lowest BCUT2D eigenvalue weighted by atomic mass is 9.82. The molecule has 0 aromatic carbocycles. The minimum atomic E-state index is -0.461. The second-order valence-corrected chi connectivity index (χ2v) is 32.5. The van der Waals surface area contributed by atoms with Gasteiger partial charge >= 0.3 is 6.09 Å². The van der Waals surface area contributed by atoms with Crippen molar-refractivity contribution < 1.29 is 9.53 Å². The molecule has 0 aromatic rings. The van der Waals surface area contributed by atoms with E-state index < -0.39 is 5.60 Å². The van der Waals surface area contributed by atoms with Gasteiger partial charge < -0.3 is 15.0 Å². The maximum atomic E-state index is 13.4. The summed E-state index contributed by atoms with van der Waals surface area (Å²) in [6.45, 7) is 47.7. The van der Waals surface area contributed by atoms with Gasteiger partial charge in [0.2, 0.25) is 0 Å². The van der Waals surface area contributed by atoms with Crippen molar-refractivity contribution in [1.82, 2.24) is 10.2 Å². The van der Waals surface area contributed by atoms with Gasteiger partial charge in [0.05, 0.1) is 0 Å². The van der Waals surface area contributed by atoms with Crippen LogP contribution in [0.3, 0.4) is 0 Å². The zero-order chi connectivity index (χ0) is 59.9. The first-order valence-corrected chi connectivity index (χ1v) is 36.5. The van der Waals surface area contributed by atoms with Crippen molar-refractivity contribution in [2.75, 3.05) is 19.6 Å². The molecule has 4 heteroatoms. The Morgan fingerprint density at radius 1 is 0.362 bits per heavy atom. The molecule has 0 spiro atoms. The van der Waals surface area contributed by atoms with E-state index >= 15 is 0 Å². The Balaban J connectivity index is 3.40. The van der Waals surface area contributed by atoms with Crippen LogP contribution in [0.2, 0.25) is 0 Å². The molecule has 1 amide bonds. The summed E-state index contributed by atoms with van der Waals surface area (Å²) < 4.78 is 5.92. The van der Waals surface area contributed by atoms with Gasteiger partial charge in [-0.1, -0.05) is 316 Å². The maximum Gasteiger partial charge on any atom is 0.410 e. The summed E-state index contributed by atoms with van der Waals surface area (Å²) in [5, 5.41) is 4.05. The first kappa shape index (κ1) is 77.2. The van der Waals surface area contributed by atoms with Crippen LogP contribution in [0, 0.1) is 88.8 Å². The molecular formula is C76H152N2O2. The summed E-state index contributed by atoms with van der Waals surface area (Å²) in [5.41, 5.74) is -0.461. The molecule has 1 rings (SSSR count). The average Bonchev–Trinajstić information content (AvgIpc) is 3.84. The third kappa shape index (κ3) is 44.7. The normalized spacial score (nSPS) is 15.0. The topological polar surface area (TPSA) is 41.6 Å². The Bertz CT molecular complexity index is 1200. The molecule has 1 saturated heterocycles. The summed E-state index contributed by atoms with van der Waals surface area (Å²) >= 11 is 0. The van der Waals surface area contributed by atoms with E-state index in [9.17, 15) is 4.79 Å². The molecule has 1 N–H and O–H groups in total. The van der Waals surface area contributed by atoms with E-state index in [4.69, 9.17) is 4.74 Å². The van der Waals surface area contributed by atoms with Crippen LogP contribution in [0.4, 0.5) is 4.79 Å². The highest BCUT2D eigenvalue weighted by molar-refractivity contribution is 5.69. The molecule has 1 heterocycles. The van der Waals surface area contributed by atoms with Crippen LogP contribution in [-0.4, -0.2) is 42.3 Å². The van der Waals surface area contributed by atoms with Crippen LogP contribution < -0.4 is 5.32 Å². The highest BCUT2D eigenvalue weighted by Crippen LogP contribution is 2.35. The summed E-state index contributed by atoms with van der Waals surface area (Å²) in [4.78, 5) is 15.4. The number of hydrogen-bond acceptors (Lipinski definition) is 3. The van der Waals surface area contributed by atoms with E-state index in [1.165, 1.54) is 218 Å². The van der Waals surface area contributed by atoms with Crippen molar-refractivity contribution >= 4 is 6.09 Å². The highest BCUT2D eigenvalue weighted by atomic mass is 16.6. The average molecular weight is 1130 g/mol. The highest BCUT2D eigenvalue weighted by Gasteiger charge is 2.32. The van der Waals surface area contributed by atoms with Crippen molar-refractivity contribution in [3.8, 4) is 0 Å². The summed E-state index contributed by atoms with van der Waals surface area (Å²) in [6, 6.07) is 0.240. The number of nitrogens with zero attached hydrogens (tertiary/aromatic N) is 1. The number of likely N-dealkylation sites (tertiary alicyclic amines) is 1. The fourth-order valence-corrected chi connectivity index (χ4v) is 13.7. The fraction of sp³-hybridized carbons (Fsp3) is 0.987. The summed E-state index contributed by atoms with van der Waals surface area (Å²) in [7, 11) is 0. The molecule has 1 aliphatic heterocycles. The van der Waals surface area contributed by atoms with Crippen molar-refractivity contribution in [3.63, 3.8) is 0 Å². The van der Waals surface area contributed by atoms with Crippen LogP contribution in [-0.2, 0) is 4.74 Å². The standard InChI is InChI=1S/C76H152N2O2/c1-59(2)40-48-69(49-41-60(3)4)33-20-27-67(28-21-34-70(50-42-61(5)6)51-43-62(7)8)31-24-37-73(57-77-58-74-39-26-56-78(74)75(79)80-76(17,18)19)38-25-32-68(29-22-35-71(52-44-63(9)10)53-45-64(11)12)30-23-36-72(54-46-65(13)14)55-47-66(15)16/h59-74,77H,20-58H2,1-19H3/t74-/m0/s1. The van der Waals surface area contributed by atoms with Gasteiger partial charge in [0.1, 0.15) is 5.60 Å². The molecule has 478 valence electrons. The fourth-order valence-electron chi connectivity index (χ4n) is 13.7. The lowest BCUT2D eigenvalue weighted by molar-refractivity contribution is 0.0226. The van der Waals surface area contributed by atoms with E-state index in [1.807, 2.05) is 25.7 Å². The van der Waals surface area contributed by atoms with Crippen molar-refractivity contribution in [2.24, 2.45) is 88.8 Å². The van der Waals surface area contributed by atoms with Crippen LogP contribution in [0.15, 0.2) is 0 Å². The number of rotatable bonds is 52. The number of carbonyl (C=O) groups is 1. The zero-order valence-corrected chi connectivity index (χ0v) is 58.6. The van der Waals surface area contributed by atoms with E-state index in [0.29, 0.717) is 5.92 Å². The zero-order valence-electron chi connectivity index (χ0n) is 58.6. The molecular weight excluding hydrogens is 973 g/mol. The molecule has 1 fully saturated rings. The first-order valence-electron chi connectivity index (χ1n) is 36.5. The van der Waals surface area contributed by atoms with Gasteiger partial charge in [0.25, 0.3) is 0 Å². The molecule has 0 aliphatic carbocycles. The molecule has 0 unspecified atom stereocenters. The predicted molar refractivity (Wildman–Crippen MR) is 359 cm³/mol. The number of carbonyl (C=O) groups excluding carboxylic acids is 1. The van der Waals surface area contributed by atoms with Gasteiger partial charge in [0, 0.05) is 19.1 Å². The quantitative estimate of drug-likeness (QED) is 0.0660. The van der Waals surface area contributed by atoms with Gasteiger partial charge in [-0.3, -0.25) is 0 Å². The Labute approximate surface area is 506 Å². The van der Waals surface area contributed by atoms with Gasteiger partial charge in [-0.25, -0.2) is 4.79 Å². The first-order chi connectivity index (χ1) is 37.8. The largest absolute Gasteiger partial charge is 0.444 e. The van der Waals surface area contributed by atoms with Crippen LogP contribution in [0.25, 0.3) is 0 Å². The minimum Gasteiger partial charge on any atom is -0.444 e. The SMILES string of the molecule is CC(C)CCC(CCCC(CCCC(CCC(C)C)CCC(C)C)CCCC(CCCC(CCCC(CCC(C)C)CCC(C)C)CCCC(CCC(C)C)CCC(C)C)CNC[C@@H]1CCCN1C(=O)OC(C)(C)C)CCC(C)C. The van der Waals surface area contributed by atoms with Crippen molar-refractivity contribution in [2.45, 2.75) is 374 Å². The molecule has 0 saturated carbocycles. The van der Waals surface area contributed by atoms with Crippen molar-refractivity contribution in [1.29, 1.82) is 0 Å².